The van der Waals surface area contributed by atoms with Gasteiger partial charge in [-0.1, -0.05) is 11.2 Å². The van der Waals surface area contributed by atoms with Crippen molar-refractivity contribution in [3.63, 3.8) is 0 Å². The van der Waals surface area contributed by atoms with E-state index in [4.69, 9.17) is 10.3 Å². The third-order valence-corrected chi connectivity index (χ3v) is 8.69. The van der Waals surface area contributed by atoms with Crippen molar-refractivity contribution in [1.82, 2.24) is 19.7 Å². The van der Waals surface area contributed by atoms with Gasteiger partial charge in [0, 0.05) is 52.6 Å². The zero-order chi connectivity index (χ0) is 25.1. The SMILES string of the molecule is Cc1noc(C)c1-c1cc(CN)c2c(c1)c1ccc(N(c3nccs3)c3nccs3)cc1n2CC1CC1. The second-order valence-electron chi connectivity index (χ2n) is 9.66. The summed E-state index contributed by atoms with van der Waals surface area (Å²) in [5, 5.41) is 12.5. The summed E-state index contributed by atoms with van der Waals surface area (Å²) in [7, 11) is 0. The molecule has 6 aromatic rings. The van der Waals surface area contributed by atoms with E-state index in [9.17, 15) is 0 Å². The van der Waals surface area contributed by atoms with E-state index in [1.807, 2.05) is 37.0 Å². The van der Waals surface area contributed by atoms with Crippen molar-refractivity contribution in [2.45, 2.75) is 39.8 Å². The van der Waals surface area contributed by atoms with E-state index < -0.39 is 0 Å². The van der Waals surface area contributed by atoms with E-state index in [2.05, 4.69) is 54.9 Å². The Bertz CT molecular complexity index is 1670. The molecular formula is C28H26N6OS2. The molecule has 0 radical (unpaired) electrons. The summed E-state index contributed by atoms with van der Waals surface area (Å²) in [5.41, 5.74) is 14.1. The Morgan fingerprint density at radius 2 is 1.78 bits per heavy atom. The minimum Gasteiger partial charge on any atom is -0.361 e. The quantitative estimate of drug-likeness (QED) is 0.235. The number of hydrogen-bond donors (Lipinski definition) is 1. The van der Waals surface area contributed by atoms with Crippen LogP contribution in [0.1, 0.15) is 29.9 Å². The third kappa shape index (κ3) is 3.77. The maximum atomic E-state index is 6.38. The number of anilines is 3. The average Bonchev–Trinajstić information content (AvgIpc) is 3.30. The van der Waals surface area contributed by atoms with Gasteiger partial charge in [0.15, 0.2) is 10.3 Å². The third-order valence-electron chi connectivity index (χ3n) is 7.18. The Hall–Kier alpha value is -3.53. The largest absolute Gasteiger partial charge is 0.361 e. The van der Waals surface area contributed by atoms with Gasteiger partial charge in [-0.2, -0.15) is 0 Å². The summed E-state index contributed by atoms with van der Waals surface area (Å²) in [4.78, 5) is 11.4. The highest BCUT2D eigenvalue weighted by Crippen LogP contribution is 2.43. The molecule has 7 nitrogen and oxygen atoms in total. The Morgan fingerprint density at radius 1 is 1.03 bits per heavy atom. The van der Waals surface area contributed by atoms with Crippen LogP contribution in [0.2, 0.25) is 0 Å². The molecule has 0 amide bonds. The van der Waals surface area contributed by atoms with Crippen LogP contribution in [0, 0.1) is 19.8 Å². The van der Waals surface area contributed by atoms with E-state index in [1.165, 1.54) is 34.6 Å². The van der Waals surface area contributed by atoms with Gasteiger partial charge in [0.1, 0.15) is 5.76 Å². The number of thiazole rings is 2. The van der Waals surface area contributed by atoms with E-state index in [0.29, 0.717) is 12.5 Å². The van der Waals surface area contributed by atoms with E-state index in [0.717, 1.165) is 50.6 Å². The molecule has 0 aliphatic heterocycles. The fraction of sp³-hybridized carbons (Fsp3) is 0.250. The van der Waals surface area contributed by atoms with Gasteiger partial charge in [0.2, 0.25) is 0 Å². The van der Waals surface area contributed by atoms with Crippen molar-refractivity contribution in [2.75, 3.05) is 4.90 Å². The molecule has 1 aliphatic carbocycles. The van der Waals surface area contributed by atoms with Crippen molar-refractivity contribution >= 4 is 60.4 Å². The number of rotatable bonds is 7. The topological polar surface area (TPSA) is 86.0 Å². The first-order valence-corrected chi connectivity index (χ1v) is 14.2. The van der Waals surface area contributed by atoms with Gasteiger partial charge in [-0.05, 0) is 68.0 Å². The van der Waals surface area contributed by atoms with Gasteiger partial charge in [-0.15, -0.1) is 22.7 Å². The molecule has 4 heterocycles. The van der Waals surface area contributed by atoms with Crippen LogP contribution >= 0.6 is 22.7 Å². The molecule has 0 saturated heterocycles. The van der Waals surface area contributed by atoms with Crippen LogP contribution in [-0.2, 0) is 13.1 Å². The lowest BCUT2D eigenvalue weighted by atomic mass is 9.98. The van der Waals surface area contributed by atoms with Crippen molar-refractivity contribution < 1.29 is 4.52 Å². The van der Waals surface area contributed by atoms with E-state index >= 15 is 0 Å². The van der Waals surface area contributed by atoms with Gasteiger partial charge in [0.05, 0.1) is 22.4 Å². The van der Waals surface area contributed by atoms with Crippen molar-refractivity contribution in [2.24, 2.45) is 11.7 Å². The molecule has 1 saturated carbocycles. The van der Waals surface area contributed by atoms with Crippen LogP contribution in [0.4, 0.5) is 16.0 Å². The second kappa shape index (κ2) is 8.79. The fourth-order valence-corrected chi connectivity index (χ4v) is 6.73. The fourth-order valence-electron chi connectivity index (χ4n) is 5.35. The van der Waals surface area contributed by atoms with Gasteiger partial charge < -0.3 is 14.8 Å². The normalized spacial score (nSPS) is 13.7. The van der Waals surface area contributed by atoms with E-state index in [-0.39, 0.29) is 0 Å². The van der Waals surface area contributed by atoms with Gasteiger partial charge in [-0.3, -0.25) is 4.90 Å². The Kier molecular flexibility index (Phi) is 5.38. The Labute approximate surface area is 222 Å². The minimum atomic E-state index is 0.464. The molecule has 0 unspecified atom stereocenters. The lowest BCUT2D eigenvalue weighted by Crippen LogP contribution is -2.09. The summed E-state index contributed by atoms with van der Waals surface area (Å²) in [6, 6.07) is 11.2. The van der Waals surface area contributed by atoms with Crippen LogP contribution in [0.5, 0.6) is 0 Å². The number of nitrogens with zero attached hydrogens (tertiary/aromatic N) is 5. The van der Waals surface area contributed by atoms with Crippen LogP contribution < -0.4 is 10.6 Å². The molecule has 186 valence electrons. The molecule has 37 heavy (non-hydrogen) atoms. The monoisotopic (exact) mass is 526 g/mol. The summed E-state index contributed by atoms with van der Waals surface area (Å²) >= 11 is 3.22. The molecule has 0 spiro atoms. The first kappa shape index (κ1) is 22.7. The standard InChI is InChI=1S/C28H26N6OS2/c1-16-25(17(2)35-32-16)19-11-20(14-29)26-23(12-19)22-6-5-21(13-24(22)33(26)15-18-3-4-18)34(27-30-7-9-36-27)28-31-8-10-37-28/h5-13,18H,3-4,14-15,29H2,1-2H3. The molecule has 2 N–H and O–H groups in total. The first-order chi connectivity index (χ1) is 18.1. The highest BCUT2D eigenvalue weighted by Gasteiger charge is 2.26. The molecule has 1 fully saturated rings. The smallest absolute Gasteiger partial charge is 0.196 e. The summed E-state index contributed by atoms with van der Waals surface area (Å²) in [6.07, 6.45) is 6.24. The molecule has 0 bridgehead atoms. The van der Waals surface area contributed by atoms with Gasteiger partial charge >= 0.3 is 0 Å². The maximum absolute atomic E-state index is 6.38. The van der Waals surface area contributed by atoms with Crippen molar-refractivity contribution in [3.8, 4) is 11.1 Å². The van der Waals surface area contributed by atoms with Crippen LogP contribution in [0.3, 0.4) is 0 Å². The highest BCUT2D eigenvalue weighted by molar-refractivity contribution is 7.16. The van der Waals surface area contributed by atoms with Crippen molar-refractivity contribution in [3.05, 3.63) is 70.5 Å². The molecule has 2 aromatic carbocycles. The van der Waals surface area contributed by atoms with Crippen molar-refractivity contribution in [1.29, 1.82) is 0 Å². The predicted octanol–water partition coefficient (Wildman–Crippen LogP) is 7.32. The Balaban J connectivity index is 1.49. The highest BCUT2D eigenvalue weighted by atomic mass is 32.1. The number of benzene rings is 2. The molecular weight excluding hydrogens is 500 g/mol. The zero-order valence-electron chi connectivity index (χ0n) is 20.6. The van der Waals surface area contributed by atoms with Crippen LogP contribution in [-0.4, -0.2) is 19.7 Å². The number of aromatic nitrogens is 4. The molecule has 4 aromatic heterocycles. The van der Waals surface area contributed by atoms with Crippen LogP contribution in [0.25, 0.3) is 32.9 Å². The lowest BCUT2D eigenvalue weighted by molar-refractivity contribution is 0.393. The molecule has 7 rings (SSSR count). The molecule has 0 atom stereocenters. The van der Waals surface area contributed by atoms with Gasteiger partial charge in [-0.25, -0.2) is 9.97 Å². The number of aryl methyl sites for hydroxylation is 2. The second-order valence-corrected chi connectivity index (χ2v) is 11.4. The summed E-state index contributed by atoms with van der Waals surface area (Å²) in [5.74, 6) is 1.54. The summed E-state index contributed by atoms with van der Waals surface area (Å²) in [6.45, 7) is 5.42. The minimum absolute atomic E-state index is 0.464. The zero-order valence-corrected chi connectivity index (χ0v) is 22.3. The number of hydrogen-bond acceptors (Lipinski definition) is 8. The number of fused-ring (bicyclic) bond motifs is 3. The summed E-state index contributed by atoms with van der Waals surface area (Å²) < 4.78 is 7.99. The predicted molar refractivity (Wildman–Crippen MR) is 151 cm³/mol. The Morgan fingerprint density at radius 3 is 2.38 bits per heavy atom. The molecule has 9 heteroatoms. The van der Waals surface area contributed by atoms with Crippen LogP contribution in [0.15, 0.2) is 58.0 Å². The lowest BCUT2D eigenvalue weighted by Gasteiger charge is -2.19. The van der Waals surface area contributed by atoms with Gasteiger partial charge in [0.25, 0.3) is 0 Å². The first-order valence-electron chi connectivity index (χ1n) is 12.4. The maximum Gasteiger partial charge on any atom is 0.196 e. The number of nitrogens with two attached hydrogens (primary N) is 1. The average molecular weight is 527 g/mol. The van der Waals surface area contributed by atoms with E-state index in [1.54, 1.807) is 22.7 Å². The molecule has 1 aliphatic rings.